The summed E-state index contributed by atoms with van der Waals surface area (Å²) >= 11 is 3.45. The number of hydrogen-bond acceptors (Lipinski definition) is 5. The fourth-order valence-electron chi connectivity index (χ4n) is 2.24. The van der Waals surface area contributed by atoms with E-state index in [2.05, 4.69) is 22.5 Å². The van der Waals surface area contributed by atoms with Crippen LogP contribution in [-0.2, 0) is 0 Å². The molecule has 0 aliphatic carbocycles. The van der Waals surface area contributed by atoms with Gasteiger partial charge >= 0.3 is 0 Å². The summed E-state index contributed by atoms with van der Waals surface area (Å²) in [4.78, 5) is 22.4. The highest BCUT2D eigenvalue weighted by Gasteiger charge is 2.12. The lowest BCUT2D eigenvalue weighted by Gasteiger charge is -2.13. The maximum Gasteiger partial charge on any atom is 0.269 e. The number of allylic oxidation sites excluding steroid dienone is 1. The fraction of sp³-hybridized carbons (Fsp3) is 0.150. The van der Waals surface area contributed by atoms with Crippen molar-refractivity contribution in [2.45, 2.75) is 6.92 Å². The Kier molecular flexibility index (Phi) is 7.31. The molecule has 27 heavy (non-hydrogen) atoms. The van der Waals surface area contributed by atoms with Crippen molar-refractivity contribution in [2.24, 2.45) is 0 Å². The molecule has 0 spiro atoms. The van der Waals surface area contributed by atoms with E-state index in [0.717, 1.165) is 5.56 Å². The van der Waals surface area contributed by atoms with Crippen LogP contribution in [0.3, 0.4) is 0 Å². The SMILES string of the molecule is C=CCOc1c(Br)cc(/C=C/C(=O)c2ccc([N+](=O)[O-])cc2)cc1OCC. The minimum absolute atomic E-state index is 0.0593. The van der Waals surface area contributed by atoms with Crippen molar-refractivity contribution in [1.82, 2.24) is 0 Å². The van der Waals surface area contributed by atoms with Gasteiger partial charge in [0.25, 0.3) is 5.69 Å². The molecule has 2 aromatic rings. The third-order valence-electron chi connectivity index (χ3n) is 3.47. The Bertz CT molecular complexity index is 875. The molecule has 0 bridgehead atoms. The van der Waals surface area contributed by atoms with Crippen molar-refractivity contribution >= 4 is 33.5 Å². The first-order valence-electron chi connectivity index (χ1n) is 8.13. The summed E-state index contributed by atoms with van der Waals surface area (Å²) in [6.07, 6.45) is 4.69. The van der Waals surface area contributed by atoms with Gasteiger partial charge in [-0.25, -0.2) is 0 Å². The van der Waals surface area contributed by atoms with Crippen molar-refractivity contribution < 1.29 is 19.2 Å². The molecule has 0 N–H and O–H groups in total. The molecule has 2 rings (SSSR count). The fourth-order valence-corrected chi connectivity index (χ4v) is 2.82. The van der Waals surface area contributed by atoms with Gasteiger partial charge in [-0.15, -0.1) is 0 Å². The summed E-state index contributed by atoms with van der Waals surface area (Å²) in [6.45, 7) is 6.29. The zero-order valence-corrected chi connectivity index (χ0v) is 16.3. The molecule has 0 radical (unpaired) electrons. The summed E-state index contributed by atoms with van der Waals surface area (Å²) < 4.78 is 11.9. The number of ketones is 1. The highest BCUT2D eigenvalue weighted by Crippen LogP contribution is 2.37. The Morgan fingerprint density at radius 1 is 1.26 bits per heavy atom. The number of non-ortho nitro benzene ring substituents is 1. The lowest BCUT2D eigenvalue weighted by Crippen LogP contribution is -2.00. The van der Waals surface area contributed by atoms with Gasteiger partial charge in [-0.1, -0.05) is 18.7 Å². The first-order valence-corrected chi connectivity index (χ1v) is 8.92. The Balaban J connectivity index is 2.23. The van der Waals surface area contributed by atoms with E-state index in [1.165, 1.54) is 30.3 Å². The summed E-state index contributed by atoms with van der Waals surface area (Å²) in [5.74, 6) is 0.859. The van der Waals surface area contributed by atoms with Gasteiger partial charge in [-0.2, -0.15) is 0 Å². The molecule has 0 unspecified atom stereocenters. The van der Waals surface area contributed by atoms with Crippen LogP contribution in [0, 0.1) is 10.1 Å². The topological polar surface area (TPSA) is 78.7 Å². The molecule has 0 atom stereocenters. The molecule has 6 nitrogen and oxygen atoms in total. The summed E-state index contributed by atoms with van der Waals surface area (Å²) in [6, 6.07) is 9.04. The van der Waals surface area contributed by atoms with E-state index in [-0.39, 0.29) is 11.5 Å². The minimum Gasteiger partial charge on any atom is -0.490 e. The number of nitro groups is 1. The van der Waals surface area contributed by atoms with Gasteiger partial charge in [-0.3, -0.25) is 14.9 Å². The van der Waals surface area contributed by atoms with Crippen LogP contribution in [0.2, 0.25) is 0 Å². The lowest BCUT2D eigenvalue weighted by molar-refractivity contribution is -0.384. The zero-order chi connectivity index (χ0) is 19.8. The van der Waals surface area contributed by atoms with Crippen molar-refractivity contribution in [3.8, 4) is 11.5 Å². The van der Waals surface area contributed by atoms with Crippen molar-refractivity contribution in [1.29, 1.82) is 0 Å². The van der Waals surface area contributed by atoms with Crippen molar-refractivity contribution in [3.63, 3.8) is 0 Å². The Morgan fingerprint density at radius 3 is 2.56 bits per heavy atom. The minimum atomic E-state index is -0.507. The highest BCUT2D eigenvalue weighted by molar-refractivity contribution is 9.10. The second-order valence-electron chi connectivity index (χ2n) is 5.36. The van der Waals surface area contributed by atoms with E-state index < -0.39 is 4.92 Å². The van der Waals surface area contributed by atoms with Gasteiger partial charge in [0.2, 0.25) is 0 Å². The van der Waals surface area contributed by atoms with Crippen LogP contribution in [0.5, 0.6) is 11.5 Å². The molecule has 0 aliphatic heterocycles. The zero-order valence-electron chi connectivity index (χ0n) is 14.7. The van der Waals surface area contributed by atoms with E-state index in [1.54, 1.807) is 24.3 Å². The molecule has 140 valence electrons. The number of hydrogen-bond donors (Lipinski definition) is 0. The number of rotatable bonds is 9. The van der Waals surface area contributed by atoms with Gasteiger partial charge in [0.15, 0.2) is 17.3 Å². The second-order valence-corrected chi connectivity index (χ2v) is 6.22. The average Bonchev–Trinajstić information content (AvgIpc) is 2.65. The molecular formula is C20H18BrNO5. The van der Waals surface area contributed by atoms with E-state index in [9.17, 15) is 14.9 Å². The molecule has 0 aliphatic rings. The predicted octanol–water partition coefficient (Wildman–Crippen LogP) is 5.22. The van der Waals surface area contributed by atoms with E-state index >= 15 is 0 Å². The molecule has 7 heteroatoms. The van der Waals surface area contributed by atoms with Crippen LogP contribution in [-0.4, -0.2) is 23.9 Å². The van der Waals surface area contributed by atoms with E-state index in [0.29, 0.717) is 34.7 Å². The number of carbonyl (C=O) groups is 1. The quantitative estimate of drug-likeness (QED) is 0.179. The van der Waals surface area contributed by atoms with Crippen LogP contribution >= 0.6 is 15.9 Å². The lowest BCUT2D eigenvalue weighted by atomic mass is 10.1. The van der Waals surface area contributed by atoms with Gasteiger partial charge in [0.05, 0.1) is 16.0 Å². The smallest absolute Gasteiger partial charge is 0.269 e. The van der Waals surface area contributed by atoms with Crippen LogP contribution in [0.25, 0.3) is 6.08 Å². The Hall–Kier alpha value is -2.93. The van der Waals surface area contributed by atoms with E-state index in [4.69, 9.17) is 9.47 Å². The number of nitro benzene ring substituents is 1. The molecule has 0 saturated carbocycles. The van der Waals surface area contributed by atoms with Gasteiger partial charge in [0.1, 0.15) is 6.61 Å². The van der Waals surface area contributed by atoms with Crippen LogP contribution in [0.4, 0.5) is 5.69 Å². The molecule has 0 aromatic heterocycles. The van der Waals surface area contributed by atoms with E-state index in [1.807, 2.05) is 6.92 Å². The largest absolute Gasteiger partial charge is 0.490 e. The number of ether oxygens (including phenoxy) is 2. The van der Waals surface area contributed by atoms with Gasteiger partial charge in [0, 0.05) is 17.7 Å². The summed E-state index contributed by atoms with van der Waals surface area (Å²) in [7, 11) is 0. The molecule has 2 aromatic carbocycles. The predicted molar refractivity (Wildman–Crippen MR) is 107 cm³/mol. The van der Waals surface area contributed by atoms with Crippen molar-refractivity contribution in [2.75, 3.05) is 13.2 Å². The van der Waals surface area contributed by atoms with Crippen LogP contribution < -0.4 is 9.47 Å². The van der Waals surface area contributed by atoms with Crippen LogP contribution in [0.15, 0.2) is 59.6 Å². The maximum absolute atomic E-state index is 12.3. The number of benzene rings is 2. The number of nitrogens with zero attached hydrogens (tertiary/aromatic N) is 1. The average molecular weight is 432 g/mol. The highest BCUT2D eigenvalue weighted by atomic mass is 79.9. The molecule has 0 saturated heterocycles. The first-order chi connectivity index (χ1) is 13.0. The standard InChI is InChI=1S/C20H18BrNO5/c1-3-11-27-20-17(21)12-14(13-19(20)26-4-2)5-10-18(23)15-6-8-16(9-7-15)22(24)25/h3,5-10,12-13H,1,4,11H2,2H3/b10-5+. The molecule has 0 fully saturated rings. The summed E-state index contributed by atoms with van der Waals surface area (Å²) in [5, 5.41) is 10.7. The molecule has 0 amide bonds. The van der Waals surface area contributed by atoms with Crippen molar-refractivity contribution in [3.05, 3.63) is 80.8 Å². The Morgan fingerprint density at radius 2 is 1.96 bits per heavy atom. The molecular weight excluding hydrogens is 414 g/mol. The molecule has 0 heterocycles. The number of halogens is 1. The van der Waals surface area contributed by atoms with Crippen LogP contribution in [0.1, 0.15) is 22.8 Å². The monoisotopic (exact) mass is 431 g/mol. The first kappa shape index (κ1) is 20.4. The third kappa shape index (κ3) is 5.52. The van der Waals surface area contributed by atoms with Gasteiger partial charge in [-0.05, 0) is 58.8 Å². The summed E-state index contributed by atoms with van der Waals surface area (Å²) in [5.41, 5.74) is 1.05. The second kappa shape index (κ2) is 9.68. The third-order valence-corrected chi connectivity index (χ3v) is 4.06. The number of carbonyl (C=O) groups excluding carboxylic acids is 1. The Labute approximate surface area is 165 Å². The van der Waals surface area contributed by atoms with Gasteiger partial charge < -0.3 is 9.47 Å². The normalized spacial score (nSPS) is 10.6. The maximum atomic E-state index is 12.3.